The molecule has 3 aromatic rings. The molecule has 0 aliphatic rings. The van der Waals surface area contributed by atoms with Gasteiger partial charge in [0, 0.05) is 10.4 Å². The number of aromatic carboxylic acids is 1. The lowest BCUT2D eigenvalue weighted by Crippen LogP contribution is -2.11. The third kappa shape index (κ3) is 2.96. The van der Waals surface area contributed by atoms with Gasteiger partial charge in [0.1, 0.15) is 5.75 Å². The summed E-state index contributed by atoms with van der Waals surface area (Å²) in [6.07, 6.45) is 0. The Kier molecular flexibility index (Phi) is 4.22. The lowest BCUT2D eigenvalue weighted by molar-refractivity contribution is -0.139. The fraction of sp³-hybridized carbons (Fsp3) is 0.111. The zero-order valence-electron chi connectivity index (χ0n) is 12.8. The molecule has 6 heteroatoms. The van der Waals surface area contributed by atoms with E-state index in [0.717, 1.165) is 32.5 Å². The van der Waals surface area contributed by atoms with Gasteiger partial charge in [0.25, 0.3) is 0 Å². The van der Waals surface area contributed by atoms with Crippen LogP contribution in [0.5, 0.6) is 5.75 Å². The molecule has 0 aliphatic carbocycles. The third-order valence-corrected chi connectivity index (χ3v) is 4.95. The summed E-state index contributed by atoms with van der Waals surface area (Å²) in [5.41, 5.74) is 1.51. The Balaban J connectivity index is 2.10. The van der Waals surface area contributed by atoms with Crippen molar-refractivity contribution in [3.63, 3.8) is 0 Å². The molecular formula is C18H14O5S. The van der Waals surface area contributed by atoms with Crippen LogP contribution in [0.1, 0.15) is 15.2 Å². The van der Waals surface area contributed by atoms with Crippen molar-refractivity contribution in [3.05, 3.63) is 52.9 Å². The molecule has 2 aromatic carbocycles. The minimum absolute atomic E-state index is 0.0110. The van der Waals surface area contributed by atoms with Gasteiger partial charge in [-0.05, 0) is 29.3 Å². The summed E-state index contributed by atoms with van der Waals surface area (Å²) in [6.45, 7) is 1.17. The van der Waals surface area contributed by atoms with Gasteiger partial charge in [-0.2, -0.15) is 0 Å². The Bertz CT molecular complexity index is 942. The highest BCUT2D eigenvalue weighted by Gasteiger charge is 2.23. The van der Waals surface area contributed by atoms with Gasteiger partial charge in [0.15, 0.2) is 11.5 Å². The van der Waals surface area contributed by atoms with Gasteiger partial charge in [-0.1, -0.05) is 36.4 Å². The second kappa shape index (κ2) is 6.33. The number of carbonyl (C=O) groups is 2. The van der Waals surface area contributed by atoms with Gasteiger partial charge in [-0.25, -0.2) is 9.59 Å². The molecule has 2 N–H and O–H groups in total. The van der Waals surface area contributed by atoms with E-state index >= 15 is 0 Å². The minimum Gasteiger partial charge on any atom is -0.480 e. The molecule has 0 aliphatic heterocycles. The number of carboxylic acid groups (broad SMARTS) is 2. The number of hydrogen-bond donors (Lipinski definition) is 2. The highest BCUT2D eigenvalue weighted by molar-refractivity contribution is 7.18. The molecule has 24 heavy (non-hydrogen) atoms. The maximum absolute atomic E-state index is 11.5. The maximum Gasteiger partial charge on any atom is 0.349 e. The number of fused-ring (bicyclic) bond motifs is 1. The number of benzene rings is 2. The highest BCUT2D eigenvalue weighted by Crippen LogP contribution is 2.42. The Morgan fingerprint density at radius 1 is 1.08 bits per heavy atom. The van der Waals surface area contributed by atoms with Gasteiger partial charge >= 0.3 is 11.9 Å². The van der Waals surface area contributed by atoms with Gasteiger partial charge in [-0.3, -0.25) is 0 Å². The van der Waals surface area contributed by atoms with Crippen LogP contribution >= 0.6 is 11.3 Å². The average Bonchev–Trinajstić information content (AvgIpc) is 2.89. The molecule has 1 heterocycles. The summed E-state index contributed by atoms with van der Waals surface area (Å²) in [7, 11) is 0. The van der Waals surface area contributed by atoms with Crippen molar-refractivity contribution in [2.45, 2.75) is 6.92 Å². The van der Waals surface area contributed by atoms with Crippen LogP contribution in [0.3, 0.4) is 0 Å². The van der Waals surface area contributed by atoms with E-state index in [9.17, 15) is 14.7 Å². The Hall–Kier alpha value is -2.86. The van der Waals surface area contributed by atoms with E-state index in [-0.39, 0.29) is 10.6 Å². The number of ether oxygens (including phenoxy) is 1. The van der Waals surface area contributed by atoms with E-state index in [0.29, 0.717) is 5.56 Å². The first-order chi connectivity index (χ1) is 11.5. The molecule has 3 rings (SSSR count). The molecule has 0 saturated carbocycles. The molecule has 0 radical (unpaired) electrons. The van der Waals surface area contributed by atoms with Crippen LogP contribution < -0.4 is 4.74 Å². The van der Waals surface area contributed by atoms with Crippen LogP contribution in [-0.2, 0) is 4.79 Å². The van der Waals surface area contributed by atoms with Gasteiger partial charge < -0.3 is 14.9 Å². The van der Waals surface area contributed by atoms with Crippen LogP contribution in [-0.4, -0.2) is 28.8 Å². The first-order valence-electron chi connectivity index (χ1n) is 7.18. The first kappa shape index (κ1) is 16.0. The van der Waals surface area contributed by atoms with Gasteiger partial charge in [0.05, 0.1) is 0 Å². The average molecular weight is 342 g/mol. The monoisotopic (exact) mass is 342 g/mol. The predicted octanol–water partition coefficient (Wildman–Crippen LogP) is 4.04. The molecular weight excluding hydrogens is 328 g/mol. The molecule has 0 fully saturated rings. The van der Waals surface area contributed by atoms with E-state index in [4.69, 9.17) is 9.84 Å². The zero-order chi connectivity index (χ0) is 17.3. The number of thiophene rings is 1. The van der Waals surface area contributed by atoms with Gasteiger partial charge in [0.2, 0.25) is 0 Å². The summed E-state index contributed by atoms with van der Waals surface area (Å²) in [5, 5.41) is 20.3. The van der Waals surface area contributed by atoms with Crippen LogP contribution in [0.4, 0.5) is 0 Å². The van der Waals surface area contributed by atoms with E-state index in [1.807, 2.05) is 42.5 Å². The number of hydrogen-bond acceptors (Lipinski definition) is 4. The van der Waals surface area contributed by atoms with Crippen molar-refractivity contribution in [3.8, 4) is 16.2 Å². The fourth-order valence-corrected chi connectivity index (χ4v) is 3.64. The molecule has 0 unspecified atom stereocenters. The number of rotatable bonds is 5. The molecule has 0 atom stereocenters. The quantitative estimate of drug-likeness (QED) is 0.731. The summed E-state index contributed by atoms with van der Waals surface area (Å²) < 4.78 is 5.21. The topological polar surface area (TPSA) is 83.8 Å². The van der Waals surface area contributed by atoms with Crippen LogP contribution in [0, 0.1) is 6.92 Å². The molecule has 0 amide bonds. The van der Waals surface area contributed by atoms with Crippen molar-refractivity contribution in [1.29, 1.82) is 0 Å². The van der Waals surface area contributed by atoms with E-state index in [1.165, 1.54) is 0 Å². The van der Waals surface area contributed by atoms with E-state index in [1.54, 1.807) is 6.92 Å². The van der Waals surface area contributed by atoms with Crippen molar-refractivity contribution < 1.29 is 24.5 Å². The second-order valence-corrected chi connectivity index (χ2v) is 6.28. The minimum atomic E-state index is -1.15. The zero-order valence-corrected chi connectivity index (χ0v) is 13.6. The molecule has 0 spiro atoms. The van der Waals surface area contributed by atoms with Crippen molar-refractivity contribution in [2.24, 2.45) is 0 Å². The summed E-state index contributed by atoms with van der Waals surface area (Å²) in [6, 6.07) is 13.8. The molecule has 0 bridgehead atoms. The normalized spacial score (nSPS) is 10.7. The molecule has 1 aromatic heterocycles. The fourth-order valence-electron chi connectivity index (χ4n) is 2.55. The smallest absolute Gasteiger partial charge is 0.349 e. The van der Waals surface area contributed by atoms with Gasteiger partial charge in [-0.15, -0.1) is 11.3 Å². The summed E-state index contributed by atoms with van der Waals surface area (Å²) >= 11 is 1.09. The summed E-state index contributed by atoms with van der Waals surface area (Å²) in [4.78, 5) is 23.0. The SMILES string of the molecule is Cc1c(-c2ccc3ccccc3c2)sc(C(=O)O)c1OCC(=O)O. The molecule has 5 nitrogen and oxygen atoms in total. The number of carboxylic acids is 2. The van der Waals surface area contributed by atoms with Crippen molar-refractivity contribution in [2.75, 3.05) is 6.61 Å². The lowest BCUT2D eigenvalue weighted by atomic mass is 10.0. The van der Waals surface area contributed by atoms with E-state index < -0.39 is 18.5 Å². The highest BCUT2D eigenvalue weighted by atomic mass is 32.1. The summed E-state index contributed by atoms with van der Waals surface area (Å²) in [5.74, 6) is -2.15. The standard InChI is InChI=1S/C18H14O5S/c1-10-15(23-9-14(19)20)17(18(21)22)24-16(10)13-7-6-11-4-2-3-5-12(11)8-13/h2-8H,9H2,1H3,(H,19,20)(H,21,22). The second-order valence-electron chi connectivity index (χ2n) is 5.26. The molecule has 0 saturated heterocycles. The Morgan fingerprint density at radius 3 is 2.46 bits per heavy atom. The number of aliphatic carboxylic acids is 1. The van der Waals surface area contributed by atoms with Crippen LogP contribution in [0.15, 0.2) is 42.5 Å². The molecule has 122 valence electrons. The largest absolute Gasteiger partial charge is 0.480 e. The Labute approximate surface area is 141 Å². The van der Waals surface area contributed by atoms with Crippen molar-refractivity contribution in [1.82, 2.24) is 0 Å². The first-order valence-corrected chi connectivity index (χ1v) is 7.99. The lowest BCUT2D eigenvalue weighted by Gasteiger charge is -2.05. The third-order valence-electron chi connectivity index (χ3n) is 3.64. The van der Waals surface area contributed by atoms with Crippen LogP contribution in [0.2, 0.25) is 0 Å². The van der Waals surface area contributed by atoms with Crippen molar-refractivity contribution >= 4 is 34.0 Å². The maximum atomic E-state index is 11.5. The predicted molar refractivity (Wildman–Crippen MR) is 92.1 cm³/mol. The van der Waals surface area contributed by atoms with Crippen LogP contribution in [0.25, 0.3) is 21.2 Å². The Morgan fingerprint density at radius 2 is 1.79 bits per heavy atom. The van der Waals surface area contributed by atoms with E-state index in [2.05, 4.69) is 0 Å².